The molecule has 2 aliphatic rings. The Morgan fingerprint density at radius 3 is 2.58 bits per heavy atom. The fourth-order valence-electron chi connectivity index (χ4n) is 4.27. The molecule has 2 unspecified atom stereocenters. The van der Waals surface area contributed by atoms with Gasteiger partial charge >= 0.3 is 6.03 Å². The number of ether oxygens (including phenoxy) is 2. The minimum atomic E-state index is -0.876. The van der Waals surface area contributed by atoms with Crippen LogP contribution in [0.3, 0.4) is 0 Å². The lowest BCUT2D eigenvalue weighted by atomic mass is 10.0. The third kappa shape index (κ3) is 3.93. The van der Waals surface area contributed by atoms with Gasteiger partial charge in [-0.25, -0.2) is 9.69 Å². The summed E-state index contributed by atoms with van der Waals surface area (Å²) in [5.74, 6) is 0.748. The number of carbonyl (C=O) groups is 3. The number of nitrogens with one attached hydrogen (secondary N) is 1. The highest BCUT2D eigenvalue weighted by molar-refractivity contribution is 6.22. The molecule has 0 saturated carbocycles. The highest BCUT2D eigenvalue weighted by atomic mass is 16.5. The molecule has 0 aromatic heterocycles. The van der Waals surface area contributed by atoms with Gasteiger partial charge in [0.2, 0.25) is 5.91 Å². The predicted molar refractivity (Wildman–Crippen MR) is 114 cm³/mol. The van der Waals surface area contributed by atoms with E-state index in [1.54, 1.807) is 49.5 Å². The second-order valence-corrected chi connectivity index (χ2v) is 7.57. The summed E-state index contributed by atoms with van der Waals surface area (Å²) in [5, 5.41) is 2.65. The maximum Gasteiger partial charge on any atom is 0.329 e. The molecule has 162 valence electrons. The molecular formula is C23H25N3O5. The number of nitrogens with zero attached hydrogens (tertiary/aromatic N) is 2. The first-order valence-corrected chi connectivity index (χ1v) is 10.2. The number of carbonyl (C=O) groups excluding carboxylic acids is 3. The van der Waals surface area contributed by atoms with Gasteiger partial charge in [-0.2, -0.15) is 0 Å². The molecule has 4 amide bonds. The molecule has 1 N–H and O–H groups in total. The van der Waals surface area contributed by atoms with E-state index in [0.717, 1.165) is 23.3 Å². The van der Waals surface area contributed by atoms with Gasteiger partial charge in [-0.15, -0.1) is 0 Å². The molecule has 2 aromatic carbocycles. The Morgan fingerprint density at radius 2 is 1.87 bits per heavy atom. The minimum Gasteiger partial charge on any atom is -0.497 e. The van der Waals surface area contributed by atoms with Gasteiger partial charge in [0.15, 0.2) is 0 Å². The van der Waals surface area contributed by atoms with Gasteiger partial charge in [-0.3, -0.25) is 9.59 Å². The fraction of sp³-hybridized carbons (Fsp3) is 0.348. The van der Waals surface area contributed by atoms with Crippen LogP contribution in [0.25, 0.3) is 0 Å². The van der Waals surface area contributed by atoms with Gasteiger partial charge in [0.25, 0.3) is 5.91 Å². The van der Waals surface area contributed by atoms with Crippen molar-refractivity contribution in [2.75, 3.05) is 25.7 Å². The molecule has 2 aliphatic heterocycles. The normalized spacial score (nSPS) is 20.7. The minimum absolute atomic E-state index is 0.0805. The maximum absolute atomic E-state index is 13.1. The number of anilines is 1. The average Bonchev–Trinajstić information content (AvgIpc) is 3.38. The van der Waals surface area contributed by atoms with Gasteiger partial charge in [0.05, 0.1) is 32.4 Å². The summed E-state index contributed by atoms with van der Waals surface area (Å²) in [7, 11) is 3.18. The van der Waals surface area contributed by atoms with Gasteiger partial charge in [0.1, 0.15) is 17.5 Å². The van der Waals surface area contributed by atoms with Crippen LogP contribution in [0.4, 0.5) is 10.5 Å². The number of hydrogen-bond donors (Lipinski definition) is 1. The van der Waals surface area contributed by atoms with E-state index in [0.29, 0.717) is 23.7 Å². The number of imide groups is 1. The lowest BCUT2D eigenvalue weighted by molar-refractivity contribution is -0.134. The first-order chi connectivity index (χ1) is 15.0. The Bertz CT molecular complexity index is 994. The van der Waals surface area contributed by atoms with Crippen LogP contribution in [-0.4, -0.2) is 49.6 Å². The highest BCUT2D eigenvalue weighted by Gasteiger charge is 2.42. The third-order valence-corrected chi connectivity index (χ3v) is 5.79. The topological polar surface area (TPSA) is 88.2 Å². The Kier molecular flexibility index (Phi) is 5.79. The number of urea groups is 1. The zero-order chi connectivity index (χ0) is 22.0. The van der Waals surface area contributed by atoms with Crippen LogP contribution in [0.1, 0.15) is 30.9 Å². The van der Waals surface area contributed by atoms with Crippen molar-refractivity contribution in [2.24, 2.45) is 0 Å². The molecule has 31 heavy (non-hydrogen) atoms. The summed E-state index contributed by atoms with van der Waals surface area (Å²) in [6.07, 6.45) is 1.57. The number of hydrogen-bond acceptors (Lipinski definition) is 5. The summed E-state index contributed by atoms with van der Waals surface area (Å²) in [6.45, 7) is 0.593. The standard InChI is InChI=1S/C23H25N3O5/c1-30-16-10-11-17(20(13-16)31-2)19-9-6-12-25(19)21(27)14-18-22(28)26(23(29)24-18)15-7-4-3-5-8-15/h3-5,7-8,10-11,13,18-19H,6,9,12,14H2,1-2H3,(H,24,29). The van der Waals surface area contributed by atoms with Crippen LogP contribution in [0.2, 0.25) is 0 Å². The Labute approximate surface area is 180 Å². The van der Waals surface area contributed by atoms with Gasteiger partial charge in [-0.05, 0) is 37.1 Å². The molecule has 0 bridgehead atoms. The number of likely N-dealkylation sites (tertiary alicyclic amines) is 1. The predicted octanol–water partition coefficient (Wildman–Crippen LogP) is 2.88. The Hall–Kier alpha value is -3.55. The van der Waals surface area contributed by atoms with Crippen LogP contribution in [-0.2, 0) is 9.59 Å². The third-order valence-electron chi connectivity index (χ3n) is 5.79. The first-order valence-electron chi connectivity index (χ1n) is 10.2. The number of methoxy groups -OCH3 is 2. The van der Waals surface area contributed by atoms with E-state index in [9.17, 15) is 14.4 Å². The van der Waals surface area contributed by atoms with Crippen molar-refractivity contribution in [3.8, 4) is 11.5 Å². The fourth-order valence-corrected chi connectivity index (χ4v) is 4.27. The monoisotopic (exact) mass is 423 g/mol. The van der Waals surface area contributed by atoms with Crippen LogP contribution < -0.4 is 19.7 Å². The van der Waals surface area contributed by atoms with Crippen LogP contribution in [0.15, 0.2) is 48.5 Å². The maximum atomic E-state index is 13.1. The van der Waals surface area contributed by atoms with Crippen LogP contribution in [0.5, 0.6) is 11.5 Å². The number of rotatable bonds is 6. The van der Waals surface area contributed by atoms with E-state index in [4.69, 9.17) is 9.47 Å². The summed E-state index contributed by atoms with van der Waals surface area (Å²) in [6, 6.07) is 12.7. The SMILES string of the molecule is COc1ccc(C2CCCN2C(=O)CC2NC(=O)N(c3ccccc3)C2=O)c(OC)c1. The summed E-state index contributed by atoms with van der Waals surface area (Å²) in [4.78, 5) is 41.2. The van der Waals surface area contributed by atoms with Crippen LogP contribution >= 0.6 is 0 Å². The van der Waals surface area contributed by atoms with Gasteiger partial charge in [0, 0.05) is 18.2 Å². The van der Waals surface area contributed by atoms with Gasteiger partial charge < -0.3 is 19.7 Å². The molecule has 8 nitrogen and oxygen atoms in total. The summed E-state index contributed by atoms with van der Waals surface area (Å²) < 4.78 is 10.8. The van der Waals surface area contributed by atoms with Gasteiger partial charge in [-0.1, -0.05) is 18.2 Å². The molecule has 4 rings (SSSR count). The number of para-hydroxylation sites is 1. The van der Waals surface area contributed by atoms with Crippen LogP contribution in [0, 0.1) is 0 Å². The van der Waals surface area contributed by atoms with E-state index >= 15 is 0 Å². The highest BCUT2D eigenvalue weighted by Crippen LogP contribution is 2.39. The van der Waals surface area contributed by atoms with Crippen molar-refractivity contribution in [1.82, 2.24) is 10.2 Å². The molecule has 8 heteroatoms. The van der Waals surface area contributed by atoms with Crippen molar-refractivity contribution in [3.63, 3.8) is 0 Å². The van der Waals surface area contributed by atoms with Crippen molar-refractivity contribution >= 4 is 23.5 Å². The first kappa shape index (κ1) is 20.7. The smallest absolute Gasteiger partial charge is 0.329 e. The van der Waals surface area contributed by atoms with E-state index < -0.39 is 18.0 Å². The average molecular weight is 423 g/mol. The number of amides is 4. The largest absolute Gasteiger partial charge is 0.497 e. The molecule has 2 heterocycles. The van der Waals surface area contributed by atoms with E-state index in [2.05, 4.69) is 5.32 Å². The lowest BCUT2D eigenvalue weighted by Crippen LogP contribution is -2.39. The van der Waals surface area contributed by atoms with Crippen molar-refractivity contribution in [1.29, 1.82) is 0 Å². The van der Waals surface area contributed by atoms with E-state index in [-0.39, 0.29) is 18.4 Å². The van der Waals surface area contributed by atoms with E-state index in [1.165, 1.54) is 0 Å². The molecule has 2 fully saturated rings. The molecular weight excluding hydrogens is 398 g/mol. The van der Waals surface area contributed by atoms with Crippen molar-refractivity contribution < 1.29 is 23.9 Å². The molecule has 0 aliphatic carbocycles. The quantitative estimate of drug-likeness (QED) is 0.722. The van der Waals surface area contributed by atoms with E-state index in [1.807, 2.05) is 18.2 Å². The second kappa shape index (κ2) is 8.67. The summed E-state index contributed by atoms with van der Waals surface area (Å²) >= 11 is 0. The number of benzene rings is 2. The lowest BCUT2D eigenvalue weighted by Gasteiger charge is -2.27. The van der Waals surface area contributed by atoms with Crippen molar-refractivity contribution in [2.45, 2.75) is 31.3 Å². The molecule has 2 atom stereocenters. The summed E-state index contributed by atoms with van der Waals surface area (Å²) in [5.41, 5.74) is 1.39. The molecule has 2 saturated heterocycles. The second-order valence-electron chi connectivity index (χ2n) is 7.57. The molecule has 0 radical (unpaired) electrons. The zero-order valence-electron chi connectivity index (χ0n) is 17.5. The molecule has 0 spiro atoms. The Balaban J connectivity index is 1.50. The Morgan fingerprint density at radius 1 is 1.10 bits per heavy atom. The van der Waals surface area contributed by atoms with Crippen molar-refractivity contribution in [3.05, 3.63) is 54.1 Å². The zero-order valence-corrected chi connectivity index (χ0v) is 17.5. The molecule has 2 aromatic rings.